The van der Waals surface area contributed by atoms with Gasteiger partial charge in [0.15, 0.2) is 0 Å². The second-order valence-electron chi connectivity index (χ2n) is 4.78. The summed E-state index contributed by atoms with van der Waals surface area (Å²) in [5, 5.41) is 8.72. The summed E-state index contributed by atoms with van der Waals surface area (Å²) < 4.78 is 5.83. The van der Waals surface area contributed by atoms with Gasteiger partial charge in [-0.2, -0.15) is 0 Å². The first-order valence-corrected chi connectivity index (χ1v) is 6.71. The van der Waals surface area contributed by atoms with Gasteiger partial charge in [0.1, 0.15) is 11.5 Å². The minimum atomic E-state index is -0.790. The van der Waals surface area contributed by atoms with E-state index in [1.807, 2.05) is 48.3 Å². The number of aliphatic carboxylic acids is 1. The predicted octanol–water partition coefficient (Wildman–Crippen LogP) is 2.78. The molecule has 0 aliphatic heterocycles. The van der Waals surface area contributed by atoms with Crippen molar-refractivity contribution in [3.8, 4) is 11.5 Å². The standard InChI is InChI=1S/C16H18N2O3/c1-18(10-8-16(19)20)12-13-5-2-3-7-15(13)21-14-6-4-9-17-11-14/h2-7,9,11H,8,10,12H2,1H3,(H,19,20). The number of rotatable bonds is 7. The van der Waals surface area contributed by atoms with E-state index >= 15 is 0 Å². The van der Waals surface area contributed by atoms with Crippen LogP contribution in [0.3, 0.4) is 0 Å². The molecule has 0 aliphatic rings. The van der Waals surface area contributed by atoms with Crippen LogP contribution in [0.1, 0.15) is 12.0 Å². The third kappa shape index (κ3) is 4.89. The molecule has 1 aromatic carbocycles. The number of carbonyl (C=O) groups is 1. The quantitative estimate of drug-likeness (QED) is 0.848. The maximum atomic E-state index is 10.6. The van der Waals surface area contributed by atoms with Crippen molar-refractivity contribution in [2.45, 2.75) is 13.0 Å². The highest BCUT2D eigenvalue weighted by atomic mass is 16.5. The molecule has 1 heterocycles. The van der Waals surface area contributed by atoms with Gasteiger partial charge in [-0.15, -0.1) is 0 Å². The Kier molecular flexibility index (Phi) is 5.29. The second kappa shape index (κ2) is 7.40. The van der Waals surface area contributed by atoms with E-state index in [9.17, 15) is 4.79 Å². The lowest BCUT2D eigenvalue weighted by atomic mass is 10.2. The number of nitrogens with zero attached hydrogens (tertiary/aromatic N) is 2. The molecule has 0 atom stereocenters. The van der Waals surface area contributed by atoms with E-state index < -0.39 is 5.97 Å². The fourth-order valence-electron chi connectivity index (χ4n) is 1.92. The largest absolute Gasteiger partial charge is 0.481 e. The SMILES string of the molecule is CN(CCC(=O)O)Cc1ccccc1Oc1cccnc1. The summed E-state index contributed by atoms with van der Waals surface area (Å²) in [7, 11) is 1.89. The van der Waals surface area contributed by atoms with Crippen LogP contribution >= 0.6 is 0 Å². The first-order valence-electron chi connectivity index (χ1n) is 6.71. The van der Waals surface area contributed by atoms with Crippen molar-refractivity contribution in [1.29, 1.82) is 0 Å². The molecular formula is C16H18N2O3. The van der Waals surface area contributed by atoms with Gasteiger partial charge in [0, 0.05) is 24.8 Å². The van der Waals surface area contributed by atoms with Crippen molar-refractivity contribution in [3.05, 3.63) is 54.4 Å². The van der Waals surface area contributed by atoms with Crippen LogP contribution in [0.5, 0.6) is 11.5 Å². The number of para-hydroxylation sites is 1. The molecule has 0 radical (unpaired) electrons. The zero-order chi connectivity index (χ0) is 15.1. The average Bonchev–Trinajstić information content (AvgIpc) is 2.48. The van der Waals surface area contributed by atoms with Gasteiger partial charge < -0.3 is 14.7 Å². The van der Waals surface area contributed by atoms with Crippen LogP contribution in [0, 0.1) is 0 Å². The normalized spacial score (nSPS) is 10.6. The molecule has 5 nitrogen and oxygen atoms in total. The molecule has 0 saturated heterocycles. The van der Waals surface area contributed by atoms with Gasteiger partial charge in [0.05, 0.1) is 12.6 Å². The maximum absolute atomic E-state index is 10.6. The van der Waals surface area contributed by atoms with Crippen molar-refractivity contribution >= 4 is 5.97 Å². The summed E-state index contributed by atoms with van der Waals surface area (Å²) in [6.07, 6.45) is 3.48. The molecule has 2 rings (SSSR count). The highest BCUT2D eigenvalue weighted by molar-refractivity contribution is 5.66. The first-order chi connectivity index (χ1) is 10.1. The van der Waals surface area contributed by atoms with Crippen LogP contribution < -0.4 is 4.74 Å². The van der Waals surface area contributed by atoms with Crippen molar-refractivity contribution in [2.75, 3.05) is 13.6 Å². The van der Waals surface area contributed by atoms with Gasteiger partial charge in [-0.05, 0) is 25.2 Å². The van der Waals surface area contributed by atoms with Crippen LogP contribution in [0.25, 0.3) is 0 Å². The fraction of sp³-hybridized carbons (Fsp3) is 0.250. The van der Waals surface area contributed by atoms with Crippen molar-refractivity contribution < 1.29 is 14.6 Å². The van der Waals surface area contributed by atoms with Gasteiger partial charge >= 0.3 is 5.97 Å². The third-order valence-electron chi connectivity index (χ3n) is 2.98. The summed E-state index contributed by atoms with van der Waals surface area (Å²) in [5.41, 5.74) is 1.01. The van der Waals surface area contributed by atoms with Crippen molar-refractivity contribution in [1.82, 2.24) is 9.88 Å². The van der Waals surface area contributed by atoms with E-state index in [0.29, 0.717) is 18.8 Å². The van der Waals surface area contributed by atoms with Gasteiger partial charge in [-0.3, -0.25) is 9.78 Å². The summed E-state index contributed by atoms with van der Waals surface area (Å²) in [6.45, 7) is 1.13. The minimum absolute atomic E-state index is 0.127. The number of benzene rings is 1. The molecule has 5 heteroatoms. The Morgan fingerprint density at radius 1 is 1.29 bits per heavy atom. The van der Waals surface area contributed by atoms with E-state index in [4.69, 9.17) is 9.84 Å². The lowest BCUT2D eigenvalue weighted by molar-refractivity contribution is -0.137. The Morgan fingerprint density at radius 3 is 2.81 bits per heavy atom. The van der Waals surface area contributed by atoms with E-state index in [0.717, 1.165) is 11.3 Å². The number of carboxylic acids is 1. The molecule has 0 saturated carbocycles. The van der Waals surface area contributed by atoms with E-state index in [2.05, 4.69) is 4.98 Å². The van der Waals surface area contributed by atoms with Crippen LogP contribution in [0.4, 0.5) is 0 Å². The van der Waals surface area contributed by atoms with Gasteiger partial charge in [0.2, 0.25) is 0 Å². The molecule has 0 fully saturated rings. The number of carboxylic acid groups (broad SMARTS) is 1. The van der Waals surface area contributed by atoms with Gasteiger partial charge in [0.25, 0.3) is 0 Å². The number of pyridine rings is 1. The zero-order valence-corrected chi connectivity index (χ0v) is 11.9. The molecule has 1 N–H and O–H groups in total. The molecule has 0 bridgehead atoms. The predicted molar refractivity (Wildman–Crippen MR) is 79.3 cm³/mol. The Labute approximate surface area is 123 Å². The maximum Gasteiger partial charge on any atom is 0.304 e. The average molecular weight is 286 g/mol. The van der Waals surface area contributed by atoms with Crippen molar-refractivity contribution in [3.63, 3.8) is 0 Å². The zero-order valence-electron chi connectivity index (χ0n) is 11.9. The third-order valence-corrected chi connectivity index (χ3v) is 2.98. The Bertz CT molecular complexity index is 587. The lowest BCUT2D eigenvalue weighted by Gasteiger charge is -2.18. The van der Waals surface area contributed by atoms with Crippen LogP contribution in [0.15, 0.2) is 48.8 Å². The lowest BCUT2D eigenvalue weighted by Crippen LogP contribution is -2.21. The molecule has 2 aromatic rings. The molecule has 0 spiro atoms. The highest BCUT2D eigenvalue weighted by Crippen LogP contribution is 2.25. The topological polar surface area (TPSA) is 62.7 Å². The Morgan fingerprint density at radius 2 is 2.10 bits per heavy atom. The fourth-order valence-corrected chi connectivity index (χ4v) is 1.92. The number of hydrogen-bond acceptors (Lipinski definition) is 4. The van der Waals surface area contributed by atoms with Crippen molar-refractivity contribution in [2.24, 2.45) is 0 Å². The molecule has 0 aliphatic carbocycles. The first kappa shape index (κ1) is 15.0. The second-order valence-corrected chi connectivity index (χ2v) is 4.78. The summed E-state index contributed by atoms with van der Waals surface area (Å²) in [4.78, 5) is 16.6. The molecule has 0 unspecified atom stereocenters. The number of hydrogen-bond donors (Lipinski definition) is 1. The van der Waals surface area contributed by atoms with Crippen LogP contribution in [-0.2, 0) is 11.3 Å². The number of aromatic nitrogens is 1. The molecular weight excluding hydrogens is 268 g/mol. The Hall–Kier alpha value is -2.40. The highest BCUT2D eigenvalue weighted by Gasteiger charge is 2.08. The van der Waals surface area contributed by atoms with Crippen LogP contribution in [-0.4, -0.2) is 34.6 Å². The smallest absolute Gasteiger partial charge is 0.304 e. The molecule has 1 aromatic heterocycles. The van der Waals surface area contributed by atoms with E-state index in [1.54, 1.807) is 12.4 Å². The number of ether oxygens (including phenoxy) is 1. The molecule has 110 valence electrons. The summed E-state index contributed by atoms with van der Waals surface area (Å²) in [6, 6.07) is 11.4. The van der Waals surface area contributed by atoms with Gasteiger partial charge in [-0.1, -0.05) is 18.2 Å². The molecule has 21 heavy (non-hydrogen) atoms. The van der Waals surface area contributed by atoms with E-state index in [1.165, 1.54) is 0 Å². The Balaban J connectivity index is 2.04. The monoisotopic (exact) mass is 286 g/mol. The summed E-state index contributed by atoms with van der Waals surface area (Å²) >= 11 is 0. The van der Waals surface area contributed by atoms with Crippen LogP contribution in [0.2, 0.25) is 0 Å². The minimum Gasteiger partial charge on any atom is -0.481 e. The van der Waals surface area contributed by atoms with Gasteiger partial charge in [-0.25, -0.2) is 0 Å². The summed E-state index contributed by atoms with van der Waals surface area (Å²) in [5.74, 6) is 0.646. The molecule has 0 amide bonds. The van der Waals surface area contributed by atoms with E-state index in [-0.39, 0.29) is 6.42 Å².